The minimum atomic E-state index is -1.28. The van der Waals surface area contributed by atoms with Crippen molar-refractivity contribution in [2.24, 2.45) is 5.73 Å². The first-order valence-corrected chi connectivity index (χ1v) is 6.09. The average molecular weight is 279 g/mol. The Morgan fingerprint density at radius 3 is 2.45 bits per heavy atom. The van der Waals surface area contributed by atoms with Crippen LogP contribution in [-0.4, -0.2) is 29.3 Å². The zero-order valence-corrected chi connectivity index (χ0v) is 10.9. The van der Waals surface area contributed by atoms with E-state index in [9.17, 15) is 18.8 Å². The number of carbonyl (C=O) groups excluding carboxylic acids is 3. The van der Waals surface area contributed by atoms with Crippen LogP contribution in [0.3, 0.4) is 0 Å². The molecule has 1 aromatic rings. The van der Waals surface area contributed by atoms with Gasteiger partial charge in [-0.2, -0.15) is 0 Å². The Morgan fingerprint density at radius 1 is 1.35 bits per heavy atom. The first-order chi connectivity index (χ1) is 9.40. The number of nitrogens with two attached hydrogens (primary N) is 1. The SMILES string of the molecule is CCC1(c2ccc(F)cc2)NC(=O)N(CC(N)=O)C1=O. The van der Waals surface area contributed by atoms with E-state index in [0.717, 1.165) is 4.90 Å². The van der Waals surface area contributed by atoms with Crippen molar-refractivity contribution in [2.75, 3.05) is 6.54 Å². The second-order valence-corrected chi connectivity index (χ2v) is 4.55. The highest BCUT2D eigenvalue weighted by molar-refractivity contribution is 6.09. The largest absolute Gasteiger partial charge is 0.368 e. The smallest absolute Gasteiger partial charge is 0.325 e. The molecule has 1 aliphatic rings. The van der Waals surface area contributed by atoms with Gasteiger partial charge in [0.2, 0.25) is 5.91 Å². The first kappa shape index (κ1) is 14.0. The summed E-state index contributed by atoms with van der Waals surface area (Å²) in [6.07, 6.45) is 0.276. The zero-order valence-electron chi connectivity index (χ0n) is 10.9. The molecular formula is C13H14FN3O3. The fraction of sp³-hybridized carbons (Fsp3) is 0.308. The summed E-state index contributed by atoms with van der Waals surface area (Å²) in [5.41, 5.74) is 4.21. The van der Waals surface area contributed by atoms with E-state index in [2.05, 4.69) is 5.32 Å². The molecule has 6 nitrogen and oxygen atoms in total. The van der Waals surface area contributed by atoms with Crippen LogP contribution in [0.25, 0.3) is 0 Å². The average Bonchev–Trinajstić information content (AvgIpc) is 2.64. The van der Waals surface area contributed by atoms with Crippen LogP contribution in [0, 0.1) is 5.82 Å². The van der Waals surface area contributed by atoms with Crippen LogP contribution < -0.4 is 11.1 Å². The standard InChI is InChI=1S/C13H14FN3O3/c1-2-13(8-3-5-9(14)6-4-8)11(19)17(7-10(15)18)12(20)16-13/h3-6H,2,7H2,1H3,(H2,15,18)(H,16,20). The summed E-state index contributed by atoms with van der Waals surface area (Å²) in [6, 6.07) is 4.61. The Bertz CT molecular complexity index is 573. The monoisotopic (exact) mass is 279 g/mol. The normalized spacial score (nSPS) is 22.0. The molecule has 7 heteroatoms. The molecule has 106 valence electrons. The number of amides is 4. The topological polar surface area (TPSA) is 92.5 Å². The molecule has 20 heavy (non-hydrogen) atoms. The van der Waals surface area contributed by atoms with Crippen molar-refractivity contribution < 1.29 is 18.8 Å². The van der Waals surface area contributed by atoms with Gasteiger partial charge >= 0.3 is 6.03 Å². The van der Waals surface area contributed by atoms with Gasteiger partial charge in [-0.15, -0.1) is 0 Å². The summed E-state index contributed by atoms with van der Waals surface area (Å²) < 4.78 is 13.0. The van der Waals surface area contributed by atoms with Gasteiger partial charge in [-0.25, -0.2) is 9.18 Å². The molecule has 0 spiro atoms. The second kappa shape index (κ2) is 4.92. The van der Waals surface area contributed by atoms with Crippen LogP contribution in [0.1, 0.15) is 18.9 Å². The summed E-state index contributed by atoms with van der Waals surface area (Å²) in [5.74, 6) is -1.78. The lowest BCUT2D eigenvalue weighted by atomic mass is 9.87. The van der Waals surface area contributed by atoms with Gasteiger partial charge in [0.1, 0.15) is 17.9 Å². The molecule has 1 aliphatic heterocycles. The van der Waals surface area contributed by atoms with Crippen molar-refractivity contribution in [2.45, 2.75) is 18.9 Å². The van der Waals surface area contributed by atoms with Gasteiger partial charge in [-0.3, -0.25) is 14.5 Å². The maximum Gasteiger partial charge on any atom is 0.325 e. The van der Waals surface area contributed by atoms with Crippen molar-refractivity contribution in [1.29, 1.82) is 0 Å². The fourth-order valence-electron chi connectivity index (χ4n) is 2.30. The number of benzene rings is 1. The summed E-state index contributed by atoms with van der Waals surface area (Å²) in [4.78, 5) is 36.0. The van der Waals surface area contributed by atoms with E-state index < -0.39 is 35.7 Å². The van der Waals surface area contributed by atoms with Crippen molar-refractivity contribution in [1.82, 2.24) is 10.2 Å². The highest BCUT2D eigenvalue weighted by Crippen LogP contribution is 2.32. The fourth-order valence-corrected chi connectivity index (χ4v) is 2.30. The Balaban J connectivity index is 2.42. The maximum atomic E-state index is 13.0. The van der Waals surface area contributed by atoms with E-state index in [0.29, 0.717) is 5.56 Å². The molecule has 1 saturated heterocycles. The van der Waals surface area contributed by atoms with Gasteiger partial charge < -0.3 is 11.1 Å². The van der Waals surface area contributed by atoms with E-state index >= 15 is 0 Å². The molecule has 1 unspecified atom stereocenters. The molecule has 1 aromatic carbocycles. The van der Waals surface area contributed by atoms with Crippen LogP contribution in [0.5, 0.6) is 0 Å². The van der Waals surface area contributed by atoms with Crippen molar-refractivity contribution in [3.8, 4) is 0 Å². The predicted molar refractivity (Wildman–Crippen MR) is 67.8 cm³/mol. The molecule has 1 atom stereocenters. The highest BCUT2D eigenvalue weighted by Gasteiger charge is 2.51. The second-order valence-electron chi connectivity index (χ2n) is 4.55. The molecule has 4 amide bonds. The number of nitrogens with one attached hydrogen (secondary N) is 1. The number of hydrogen-bond acceptors (Lipinski definition) is 3. The lowest BCUT2D eigenvalue weighted by molar-refractivity contribution is -0.134. The molecule has 3 N–H and O–H groups in total. The van der Waals surface area contributed by atoms with Crippen molar-refractivity contribution >= 4 is 17.8 Å². The van der Waals surface area contributed by atoms with Gasteiger partial charge in [0, 0.05) is 0 Å². The summed E-state index contributed by atoms with van der Waals surface area (Å²) in [7, 11) is 0. The third-order valence-corrected chi connectivity index (χ3v) is 3.36. The van der Waals surface area contributed by atoms with Gasteiger partial charge in [0.15, 0.2) is 0 Å². The highest BCUT2D eigenvalue weighted by atomic mass is 19.1. The Morgan fingerprint density at radius 2 is 1.95 bits per heavy atom. The van der Waals surface area contributed by atoms with Gasteiger partial charge in [0.25, 0.3) is 5.91 Å². The summed E-state index contributed by atoms with van der Waals surface area (Å²) in [5, 5.41) is 2.57. The number of hydrogen-bond donors (Lipinski definition) is 2. The molecule has 1 fully saturated rings. The lowest BCUT2D eigenvalue weighted by Crippen LogP contribution is -2.44. The Labute approximate surface area is 114 Å². The summed E-state index contributed by atoms with van der Waals surface area (Å²) >= 11 is 0. The Hall–Kier alpha value is -2.44. The Kier molecular flexibility index (Phi) is 3.44. The van der Waals surface area contributed by atoms with Crippen molar-refractivity contribution in [3.05, 3.63) is 35.6 Å². The van der Waals surface area contributed by atoms with Crippen LogP contribution in [0.4, 0.5) is 9.18 Å². The van der Waals surface area contributed by atoms with Crippen LogP contribution in [-0.2, 0) is 15.1 Å². The molecule has 0 aliphatic carbocycles. The van der Waals surface area contributed by atoms with E-state index in [1.807, 2.05) is 0 Å². The van der Waals surface area contributed by atoms with Crippen LogP contribution in [0.15, 0.2) is 24.3 Å². The number of imide groups is 1. The number of rotatable bonds is 4. The molecular weight excluding hydrogens is 265 g/mol. The summed E-state index contributed by atoms with van der Waals surface area (Å²) in [6.45, 7) is 1.24. The quantitative estimate of drug-likeness (QED) is 0.784. The number of carbonyl (C=O) groups is 3. The minimum Gasteiger partial charge on any atom is -0.368 e. The molecule has 0 radical (unpaired) electrons. The molecule has 0 aromatic heterocycles. The first-order valence-electron chi connectivity index (χ1n) is 6.09. The van der Waals surface area contributed by atoms with Gasteiger partial charge in [0.05, 0.1) is 0 Å². The molecule has 0 bridgehead atoms. The van der Waals surface area contributed by atoms with E-state index in [4.69, 9.17) is 5.73 Å². The number of primary amides is 1. The molecule has 2 rings (SSSR count). The molecule has 0 saturated carbocycles. The van der Waals surface area contributed by atoms with Gasteiger partial charge in [-0.1, -0.05) is 19.1 Å². The van der Waals surface area contributed by atoms with E-state index in [1.54, 1.807) is 6.92 Å². The van der Waals surface area contributed by atoms with E-state index in [1.165, 1.54) is 24.3 Å². The van der Waals surface area contributed by atoms with Crippen LogP contribution >= 0.6 is 0 Å². The van der Waals surface area contributed by atoms with Crippen LogP contribution in [0.2, 0.25) is 0 Å². The third kappa shape index (κ3) is 2.11. The van der Waals surface area contributed by atoms with E-state index in [-0.39, 0.29) is 6.42 Å². The van der Waals surface area contributed by atoms with Crippen molar-refractivity contribution in [3.63, 3.8) is 0 Å². The number of urea groups is 1. The zero-order chi connectivity index (χ0) is 14.9. The predicted octanol–water partition coefficient (Wildman–Crippen LogP) is 0.468. The maximum absolute atomic E-state index is 13.0. The minimum absolute atomic E-state index is 0.276. The molecule has 1 heterocycles. The lowest BCUT2D eigenvalue weighted by Gasteiger charge is -2.25. The number of halogens is 1. The number of nitrogens with zero attached hydrogens (tertiary/aromatic N) is 1. The van der Waals surface area contributed by atoms with Gasteiger partial charge in [-0.05, 0) is 24.1 Å². The third-order valence-electron chi connectivity index (χ3n) is 3.36.